The van der Waals surface area contributed by atoms with Gasteiger partial charge in [0.25, 0.3) is 5.91 Å². The van der Waals surface area contributed by atoms with Crippen LogP contribution in [0.3, 0.4) is 0 Å². The molecule has 0 aliphatic heterocycles. The van der Waals surface area contributed by atoms with Gasteiger partial charge in [-0.2, -0.15) is 9.61 Å². The topological polar surface area (TPSA) is 102 Å². The first kappa shape index (κ1) is 18.2. The lowest BCUT2D eigenvalue weighted by molar-refractivity contribution is 0.102. The Morgan fingerprint density at radius 2 is 1.97 bits per heavy atom. The van der Waals surface area contributed by atoms with Crippen molar-refractivity contribution in [2.75, 3.05) is 5.32 Å². The maximum absolute atomic E-state index is 12.7. The zero-order chi connectivity index (χ0) is 20.7. The van der Waals surface area contributed by atoms with Gasteiger partial charge in [0, 0.05) is 21.1 Å². The molecule has 146 valence electrons. The minimum absolute atomic E-state index is 0.0740. The summed E-state index contributed by atoms with van der Waals surface area (Å²) in [4.78, 5) is 25.0. The van der Waals surface area contributed by atoms with Crippen molar-refractivity contribution in [1.29, 1.82) is 0 Å². The molecule has 0 atom stereocenters. The summed E-state index contributed by atoms with van der Waals surface area (Å²) in [5.74, 6) is -0.551. The lowest BCUT2D eigenvalue weighted by atomic mass is 10.1. The van der Waals surface area contributed by atoms with Crippen molar-refractivity contribution in [1.82, 2.24) is 19.8 Å². The van der Waals surface area contributed by atoms with Crippen molar-refractivity contribution in [3.05, 3.63) is 87.4 Å². The molecule has 8 nitrogen and oxygen atoms in total. The molecule has 0 unspecified atom stereocenters. The van der Waals surface area contributed by atoms with Crippen molar-refractivity contribution in [2.45, 2.75) is 0 Å². The van der Waals surface area contributed by atoms with Crippen molar-refractivity contribution in [2.24, 2.45) is 0 Å². The Labute approximate surface area is 177 Å². The number of anilines is 1. The molecule has 1 N–H and O–H groups in total. The summed E-state index contributed by atoms with van der Waals surface area (Å²) in [7, 11) is 0. The van der Waals surface area contributed by atoms with Crippen LogP contribution in [0.2, 0.25) is 0 Å². The number of aromatic nitrogens is 4. The Morgan fingerprint density at radius 3 is 2.87 bits per heavy atom. The number of carbonyl (C=O) groups is 1. The van der Waals surface area contributed by atoms with E-state index in [1.54, 1.807) is 47.0 Å². The predicted octanol–water partition coefficient (Wildman–Crippen LogP) is 3.91. The third-order valence-electron chi connectivity index (χ3n) is 4.52. The smallest absolute Gasteiger partial charge is 0.349 e. The van der Waals surface area contributed by atoms with E-state index < -0.39 is 11.5 Å². The summed E-state index contributed by atoms with van der Waals surface area (Å²) >= 11 is 3.37. The fourth-order valence-electron chi connectivity index (χ4n) is 3.09. The van der Waals surface area contributed by atoms with Gasteiger partial charge in [-0.15, -0.1) is 10.2 Å². The van der Waals surface area contributed by atoms with Crippen LogP contribution in [0, 0.1) is 0 Å². The Balaban J connectivity index is 1.46. The minimum Gasteiger partial charge on any atom is -0.422 e. The quantitative estimate of drug-likeness (QED) is 0.408. The number of halogens is 1. The summed E-state index contributed by atoms with van der Waals surface area (Å²) < 4.78 is 7.66. The van der Waals surface area contributed by atoms with Crippen molar-refractivity contribution < 1.29 is 9.21 Å². The van der Waals surface area contributed by atoms with Gasteiger partial charge in [0.2, 0.25) is 0 Å². The van der Waals surface area contributed by atoms with Crippen LogP contribution in [0.4, 0.5) is 5.69 Å². The lowest BCUT2D eigenvalue weighted by Gasteiger charge is -2.08. The fourth-order valence-corrected chi connectivity index (χ4v) is 3.47. The number of nitrogens with zero attached hydrogens (tertiary/aromatic N) is 4. The normalized spacial score (nSPS) is 11.1. The number of benzene rings is 2. The Morgan fingerprint density at radius 1 is 1.07 bits per heavy atom. The van der Waals surface area contributed by atoms with Crippen molar-refractivity contribution >= 4 is 44.1 Å². The molecule has 2 aromatic carbocycles. The first-order chi connectivity index (χ1) is 14.6. The van der Waals surface area contributed by atoms with Gasteiger partial charge in [0.05, 0.1) is 5.69 Å². The molecule has 3 aromatic heterocycles. The second-order valence-electron chi connectivity index (χ2n) is 6.52. The summed E-state index contributed by atoms with van der Waals surface area (Å²) in [5, 5.41) is 15.6. The van der Waals surface area contributed by atoms with E-state index in [-0.39, 0.29) is 5.56 Å². The van der Waals surface area contributed by atoms with E-state index in [1.807, 2.05) is 12.1 Å². The molecule has 9 heteroatoms. The van der Waals surface area contributed by atoms with Gasteiger partial charge in [-0.3, -0.25) is 4.79 Å². The van der Waals surface area contributed by atoms with Crippen molar-refractivity contribution in [3.8, 4) is 11.3 Å². The minimum atomic E-state index is -0.696. The zero-order valence-corrected chi connectivity index (χ0v) is 16.8. The molecular weight excluding hydrogens is 450 g/mol. The molecule has 5 rings (SSSR count). The number of rotatable bonds is 3. The van der Waals surface area contributed by atoms with Crippen LogP contribution in [-0.2, 0) is 0 Å². The van der Waals surface area contributed by atoms with E-state index in [4.69, 9.17) is 4.42 Å². The molecule has 0 fully saturated rings. The molecule has 3 heterocycles. The van der Waals surface area contributed by atoms with Crippen LogP contribution in [0.15, 0.2) is 80.7 Å². The van der Waals surface area contributed by atoms with E-state index in [0.29, 0.717) is 28.0 Å². The summed E-state index contributed by atoms with van der Waals surface area (Å²) in [6, 6.07) is 17.5. The van der Waals surface area contributed by atoms with Gasteiger partial charge >= 0.3 is 5.63 Å². The first-order valence-electron chi connectivity index (χ1n) is 8.89. The van der Waals surface area contributed by atoms with E-state index in [0.717, 1.165) is 10.0 Å². The fraction of sp³-hybridized carbons (Fsp3) is 0. The van der Waals surface area contributed by atoms with E-state index in [1.165, 1.54) is 12.4 Å². The number of nitrogens with one attached hydrogen (secondary N) is 1. The maximum Gasteiger partial charge on any atom is 0.349 e. The largest absolute Gasteiger partial charge is 0.422 e. The second-order valence-corrected chi connectivity index (χ2v) is 7.43. The molecule has 5 aromatic rings. The highest BCUT2D eigenvalue weighted by Gasteiger charge is 2.15. The molecular formula is C21H12BrN5O3. The van der Waals surface area contributed by atoms with Crippen LogP contribution in [0.25, 0.3) is 27.9 Å². The average molecular weight is 462 g/mol. The number of fused-ring (bicyclic) bond motifs is 2. The number of hydrogen-bond acceptors (Lipinski definition) is 6. The molecule has 0 radical (unpaired) electrons. The van der Waals surface area contributed by atoms with Crippen LogP contribution < -0.4 is 10.9 Å². The second kappa shape index (κ2) is 7.20. The molecule has 0 saturated heterocycles. The van der Waals surface area contributed by atoms with Crippen molar-refractivity contribution in [3.63, 3.8) is 0 Å². The highest BCUT2D eigenvalue weighted by atomic mass is 79.9. The van der Waals surface area contributed by atoms with Gasteiger partial charge in [-0.1, -0.05) is 28.1 Å². The highest BCUT2D eigenvalue weighted by Crippen LogP contribution is 2.22. The zero-order valence-electron chi connectivity index (χ0n) is 15.2. The molecule has 1 amide bonds. The van der Waals surface area contributed by atoms with Crippen LogP contribution in [-0.4, -0.2) is 25.7 Å². The Kier molecular flexibility index (Phi) is 4.36. The summed E-state index contributed by atoms with van der Waals surface area (Å²) in [5.41, 5.74) is 2.28. The highest BCUT2D eigenvalue weighted by molar-refractivity contribution is 9.10. The number of carbonyl (C=O) groups excluding carboxylic acids is 1. The lowest BCUT2D eigenvalue weighted by Crippen LogP contribution is -2.20. The van der Waals surface area contributed by atoms with E-state index in [9.17, 15) is 9.59 Å². The number of amides is 1. The van der Waals surface area contributed by atoms with Gasteiger partial charge in [-0.25, -0.2) is 4.79 Å². The maximum atomic E-state index is 12.7. The van der Waals surface area contributed by atoms with Gasteiger partial charge < -0.3 is 9.73 Å². The monoisotopic (exact) mass is 461 g/mol. The standard InChI is InChI=1S/C21H12BrN5O3/c22-14-4-6-18-13(8-14)10-16(21(29)30-18)20(28)24-15-3-1-2-12(9-15)17-5-7-19-25-23-11-27(19)26-17/h1-11H,(H,24,28). The van der Waals surface area contributed by atoms with Crippen LogP contribution >= 0.6 is 15.9 Å². The number of hydrogen-bond donors (Lipinski definition) is 1. The van der Waals surface area contributed by atoms with E-state index in [2.05, 4.69) is 36.5 Å². The third kappa shape index (κ3) is 3.35. The van der Waals surface area contributed by atoms with Gasteiger partial charge in [0.15, 0.2) is 5.65 Å². The molecule has 0 aliphatic carbocycles. The third-order valence-corrected chi connectivity index (χ3v) is 5.01. The first-order valence-corrected chi connectivity index (χ1v) is 9.68. The Hall–Kier alpha value is -3.85. The Bertz CT molecular complexity index is 1490. The van der Waals surface area contributed by atoms with Crippen LogP contribution in [0.5, 0.6) is 0 Å². The molecule has 0 aliphatic rings. The van der Waals surface area contributed by atoms with Gasteiger partial charge in [0.1, 0.15) is 17.5 Å². The van der Waals surface area contributed by atoms with E-state index >= 15 is 0 Å². The molecule has 0 spiro atoms. The molecule has 30 heavy (non-hydrogen) atoms. The van der Waals surface area contributed by atoms with Crippen LogP contribution in [0.1, 0.15) is 10.4 Å². The summed E-state index contributed by atoms with van der Waals surface area (Å²) in [6.45, 7) is 0. The summed E-state index contributed by atoms with van der Waals surface area (Å²) in [6.07, 6.45) is 1.52. The molecule has 0 saturated carbocycles. The SMILES string of the molecule is O=C(Nc1cccc(-c2ccc3nncn3n2)c1)c1cc2cc(Br)ccc2oc1=O. The van der Waals surface area contributed by atoms with Gasteiger partial charge in [-0.05, 0) is 48.5 Å². The predicted molar refractivity (Wildman–Crippen MR) is 114 cm³/mol. The molecule has 0 bridgehead atoms. The average Bonchev–Trinajstić information content (AvgIpc) is 3.21.